The average Bonchev–Trinajstić information content (AvgIpc) is 2.04. The van der Waals surface area contributed by atoms with Crippen molar-refractivity contribution in [2.45, 2.75) is 13.3 Å². The van der Waals surface area contributed by atoms with Gasteiger partial charge < -0.3 is 10.4 Å². The molecular weight excluding hydrogens is 156 g/mol. The van der Waals surface area contributed by atoms with Crippen LogP contribution < -0.4 is 5.32 Å². The monoisotopic (exact) mass is 166 g/mol. The zero-order valence-electron chi connectivity index (χ0n) is 6.74. The fourth-order valence-electron chi connectivity index (χ4n) is 0.746. The van der Waals surface area contributed by atoms with E-state index in [2.05, 4.69) is 10.3 Å². The highest BCUT2D eigenvalue weighted by Gasteiger charge is 1.98. The molecule has 64 valence electrons. The first-order valence-corrected chi connectivity index (χ1v) is 3.66. The maximum Gasteiger partial charge on any atom is 0.224 e. The highest BCUT2D eigenvalue weighted by atomic mass is 16.3. The van der Waals surface area contributed by atoms with Crippen molar-refractivity contribution in [3.05, 3.63) is 18.5 Å². The van der Waals surface area contributed by atoms with E-state index in [0.29, 0.717) is 12.1 Å². The van der Waals surface area contributed by atoms with Crippen LogP contribution in [0.2, 0.25) is 0 Å². The third-order valence-electron chi connectivity index (χ3n) is 1.33. The molecule has 0 fully saturated rings. The summed E-state index contributed by atoms with van der Waals surface area (Å²) in [4.78, 5) is 14.6. The molecule has 0 aliphatic heterocycles. The molecule has 0 bridgehead atoms. The minimum Gasteiger partial charge on any atom is -0.506 e. The number of pyridine rings is 1. The summed E-state index contributed by atoms with van der Waals surface area (Å²) in [6.45, 7) is 1.76. The van der Waals surface area contributed by atoms with E-state index in [0.717, 1.165) is 0 Å². The Labute approximate surface area is 70.3 Å². The standard InChI is InChI=1S/C8H10N2O2/c1-2-8(12)10-6-3-7(11)5-9-4-6/h3-5,11H,2H2,1H3,(H,10,12). The van der Waals surface area contributed by atoms with Gasteiger partial charge in [0.25, 0.3) is 0 Å². The number of carbonyl (C=O) groups is 1. The number of aromatic nitrogens is 1. The van der Waals surface area contributed by atoms with E-state index in [9.17, 15) is 4.79 Å². The van der Waals surface area contributed by atoms with Crippen LogP contribution in [0.3, 0.4) is 0 Å². The van der Waals surface area contributed by atoms with Crippen LogP contribution >= 0.6 is 0 Å². The van der Waals surface area contributed by atoms with Crippen molar-refractivity contribution in [2.75, 3.05) is 5.32 Å². The van der Waals surface area contributed by atoms with E-state index < -0.39 is 0 Å². The van der Waals surface area contributed by atoms with Crippen LogP contribution in [0.4, 0.5) is 5.69 Å². The molecule has 1 aromatic heterocycles. The molecule has 0 saturated heterocycles. The number of hydrogen-bond donors (Lipinski definition) is 2. The van der Waals surface area contributed by atoms with Crippen LogP contribution in [-0.2, 0) is 4.79 Å². The third-order valence-corrected chi connectivity index (χ3v) is 1.33. The lowest BCUT2D eigenvalue weighted by molar-refractivity contribution is -0.115. The molecule has 0 saturated carbocycles. The summed E-state index contributed by atoms with van der Waals surface area (Å²) < 4.78 is 0. The largest absolute Gasteiger partial charge is 0.506 e. The number of aromatic hydroxyl groups is 1. The molecule has 2 N–H and O–H groups in total. The Balaban J connectivity index is 2.69. The number of amides is 1. The maximum absolute atomic E-state index is 10.9. The first kappa shape index (κ1) is 8.52. The van der Waals surface area contributed by atoms with E-state index >= 15 is 0 Å². The van der Waals surface area contributed by atoms with Crippen molar-refractivity contribution in [3.63, 3.8) is 0 Å². The van der Waals surface area contributed by atoms with Gasteiger partial charge in [0.1, 0.15) is 5.75 Å². The maximum atomic E-state index is 10.9. The van der Waals surface area contributed by atoms with Crippen LogP contribution in [0.25, 0.3) is 0 Å². The van der Waals surface area contributed by atoms with Gasteiger partial charge in [0.15, 0.2) is 0 Å². The first-order valence-electron chi connectivity index (χ1n) is 3.66. The molecule has 1 aromatic rings. The lowest BCUT2D eigenvalue weighted by Gasteiger charge is -2.01. The second-order valence-electron chi connectivity index (χ2n) is 2.33. The Bertz CT molecular complexity index is 286. The van der Waals surface area contributed by atoms with Gasteiger partial charge >= 0.3 is 0 Å². The molecule has 1 heterocycles. The number of nitrogens with zero attached hydrogens (tertiary/aromatic N) is 1. The predicted octanol–water partition coefficient (Wildman–Crippen LogP) is 1.14. The van der Waals surface area contributed by atoms with Gasteiger partial charge in [0, 0.05) is 12.5 Å². The second-order valence-corrected chi connectivity index (χ2v) is 2.33. The molecule has 0 atom stereocenters. The summed E-state index contributed by atoms with van der Waals surface area (Å²) in [5.41, 5.74) is 0.516. The molecular formula is C8H10N2O2. The summed E-state index contributed by atoms with van der Waals surface area (Å²) in [7, 11) is 0. The highest BCUT2D eigenvalue weighted by Crippen LogP contribution is 2.12. The van der Waals surface area contributed by atoms with Gasteiger partial charge in [0.05, 0.1) is 18.1 Å². The van der Waals surface area contributed by atoms with Gasteiger partial charge in [-0.05, 0) is 0 Å². The van der Waals surface area contributed by atoms with Gasteiger partial charge in [-0.1, -0.05) is 6.92 Å². The Morgan fingerprint density at radius 1 is 1.67 bits per heavy atom. The topological polar surface area (TPSA) is 62.2 Å². The quantitative estimate of drug-likeness (QED) is 0.692. The minimum atomic E-state index is -0.0950. The molecule has 0 aromatic carbocycles. The van der Waals surface area contributed by atoms with Crippen LogP contribution in [-0.4, -0.2) is 16.0 Å². The Hall–Kier alpha value is -1.58. The molecule has 0 unspecified atom stereocenters. The molecule has 1 amide bonds. The van der Waals surface area contributed by atoms with E-state index in [1.54, 1.807) is 6.92 Å². The lowest BCUT2D eigenvalue weighted by atomic mass is 10.3. The van der Waals surface area contributed by atoms with Crippen molar-refractivity contribution in [2.24, 2.45) is 0 Å². The molecule has 0 aliphatic carbocycles. The molecule has 0 radical (unpaired) electrons. The Kier molecular flexibility index (Phi) is 2.63. The van der Waals surface area contributed by atoms with Gasteiger partial charge in [-0.2, -0.15) is 0 Å². The van der Waals surface area contributed by atoms with Gasteiger partial charge in [-0.3, -0.25) is 9.78 Å². The molecule has 12 heavy (non-hydrogen) atoms. The Morgan fingerprint density at radius 2 is 2.42 bits per heavy atom. The predicted molar refractivity (Wildman–Crippen MR) is 44.8 cm³/mol. The number of anilines is 1. The fourth-order valence-corrected chi connectivity index (χ4v) is 0.746. The normalized spacial score (nSPS) is 9.42. The first-order chi connectivity index (χ1) is 5.72. The zero-order valence-corrected chi connectivity index (χ0v) is 6.74. The van der Waals surface area contributed by atoms with Crippen molar-refractivity contribution >= 4 is 11.6 Å². The van der Waals surface area contributed by atoms with Crippen LogP contribution in [0, 0.1) is 0 Å². The summed E-state index contributed by atoms with van der Waals surface area (Å²) in [6, 6.07) is 1.44. The zero-order chi connectivity index (χ0) is 8.97. The van der Waals surface area contributed by atoms with Gasteiger partial charge in [-0.15, -0.1) is 0 Å². The van der Waals surface area contributed by atoms with Crippen molar-refractivity contribution < 1.29 is 9.90 Å². The van der Waals surface area contributed by atoms with Crippen LogP contribution in [0.1, 0.15) is 13.3 Å². The van der Waals surface area contributed by atoms with E-state index in [4.69, 9.17) is 5.11 Å². The van der Waals surface area contributed by atoms with E-state index in [1.807, 2.05) is 0 Å². The van der Waals surface area contributed by atoms with Gasteiger partial charge in [-0.25, -0.2) is 0 Å². The van der Waals surface area contributed by atoms with E-state index in [-0.39, 0.29) is 11.7 Å². The number of rotatable bonds is 2. The summed E-state index contributed by atoms with van der Waals surface area (Å²) in [6.07, 6.45) is 3.20. The third kappa shape index (κ3) is 2.23. The Morgan fingerprint density at radius 3 is 3.00 bits per heavy atom. The van der Waals surface area contributed by atoms with Crippen molar-refractivity contribution in [1.82, 2.24) is 4.98 Å². The lowest BCUT2D eigenvalue weighted by Crippen LogP contribution is -2.09. The van der Waals surface area contributed by atoms with Crippen molar-refractivity contribution in [1.29, 1.82) is 0 Å². The molecule has 4 nitrogen and oxygen atoms in total. The summed E-state index contributed by atoms with van der Waals surface area (Å²) >= 11 is 0. The number of nitrogens with one attached hydrogen (secondary N) is 1. The number of carbonyl (C=O) groups excluding carboxylic acids is 1. The van der Waals surface area contributed by atoms with Crippen LogP contribution in [0.5, 0.6) is 5.75 Å². The highest BCUT2D eigenvalue weighted by molar-refractivity contribution is 5.90. The second kappa shape index (κ2) is 3.71. The molecule has 0 aliphatic rings. The fraction of sp³-hybridized carbons (Fsp3) is 0.250. The minimum absolute atomic E-state index is 0.0453. The summed E-state index contributed by atoms with van der Waals surface area (Å²) in [5, 5.41) is 11.6. The van der Waals surface area contributed by atoms with Gasteiger partial charge in [0.2, 0.25) is 5.91 Å². The summed E-state index contributed by atoms with van der Waals surface area (Å²) in [5.74, 6) is -0.0497. The molecule has 0 spiro atoms. The molecule has 4 heteroatoms. The van der Waals surface area contributed by atoms with E-state index in [1.165, 1.54) is 18.5 Å². The average molecular weight is 166 g/mol. The van der Waals surface area contributed by atoms with Crippen LogP contribution in [0.15, 0.2) is 18.5 Å². The molecule has 1 rings (SSSR count). The number of hydrogen-bond acceptors (Lipinski definition) is 3. The SMILES string of the molecule is CCC(=O)Nc1cncc(O)c1. The van der Waals surface area contributed by atoms with Crippen molar-refractivity contribution in [3.8, 4) is 5.75 Å². The smallest absolute Gasteiger partial charge is 0.224 e.